The summed E-state index contributed by atoms with van der Waals surface area (Å²) in [5.41, 5.74) is 2.89. The van der Waals surface area contributed by atoms with E-state index in [0.29, 0.717) is 23.6 Å². The third kappa shape index (κ3) is 5.95. The quantitative estimate of drug-likeness (QED) is 0.298. The van der Waals surface area contributed by atoms with E-state index in [1.807, 2.05) is 30.3 Å². The number of aromatic nitrogens is 1. The Morgan fingerprint density at radius 3 is 2.17 bits per heavy atom. The average Bonchev–Trinajstić information content (AvgIpc) is 2.93. The lowest BCUT2D eigenvalue weighted by molar-refractivity contribution is -0.137. The molecule has 212 valence electrons. The second-order valence-corrected chi connectivity index (χ2v) is 16.2. The molecular weight excluding hydrogens is 554 g/mol. The zero-order valence-electron chi connectivity index (χ0n) is 23.5. The van der Waals surface area contributed by atoms with Crippen LogP contribution in [-0.4, -0.2) is 36.7 Å². The molecule has 2 heterocycles. The number of fused-ring (bicyclic) bond motifs is 3. The van der Waals surface area contributed by atoms with Gasteiger partial charge in [0, 0.05) is 29.3 Å². The van der Waals surface area contributed by atoms with Gasteiger partial charge >= 0.3 is 5.97 Å². The van der Waals surface area contributed by atoms with Crippen molar-refractivity contribution in [3.05, 3.63) is 118 Å². The number of carboxylic acids is 1. The Bertz CT molecular complexity index is 1560. The fourth-order valence-corrected chi connectivity index (χ4v) is 10.6. The van der Waals surface area contributed by atoms with Crippen molar-refractivity contribution in [2.45, 2.75) is 51.5 Å². The Kier molecular flexibility index (Phi) is 8.34. The molecule has 0 aliphatic carbocycles. The van der Waals surface area contributed by atoms with Gasteiger partial charge in [-0.1, -0.05) is 99.1 Å². The fraction of sp³-hybridized carbons (Fsp3) is 0.273. The van der Waals surface area contributed by atoms with Gasteiger partial charge < -0.3 is 18.8 Å². The lowest BCUT2D eigenvalue weighted by atomic mass is 9.92. The van der Waals surface area contributed by atoms with E-state index >= 15 is 0 Å². The first-order chi connectivity index (χ1) is 19.6. The van der Waals surface area contributed by atoms with Gasteiger partial charge in [-0.25, -0.2) is 0 Å². The van der Waals surface area contributed by atoms with Gasteiger partial charge in [-0.3, -0.25) is 9.59 Å². The van der Waals surface area contributed by atoms with Gasteiger partial charge in [0.2, 0.25) is 0 Å². The monoisotopic (exact) mass is 587 g/mol. The van der Waals surface area contributed by atoms with Crippen LogP contribution >= 0.6 is 11.6 Å². The highest BCUT2D eigenvalue weighted by Gasteiger charge is 2.50. The van der Waals surface area contributed by atoms with Gasteiger partial charge in [0.15, 0.2) is 0 Å². The molecule has 3 aromatic carbocycles. The van der Waals surface area contributed by atoms with E-state index < -0.39 is 20.8 Å². The van der Waals surface area contributed by atoms with Crippen LogP contribution in [0.4, 0.5) is 0 Å². The van der Waals surface area contributed by atoms with Crippen LogP contribution in [0.2, 0.25) is 10.1 Å². The van der Waals surface area contributed by atoms with Crippen molar-refractivity contribution in [1.82, 2.24) is 4.57 Å². The molecule has 0 saturated carbocycles. The number of ether oxygens (including phenoxy) is 1. The fourth-order valence-electron chi connectivity index (χ4n) is 5.83. The van der Waals surface area contributed by atoms with Crippen LogP contribution in [0.5, 0.6) is 0 Å². The molecule has 1 aliphatic rings. The van der Waals surface area contributed by atoms with Crippen LogP contribution in [0.25, 0.3) is 11.1 Å². The van der Waals surface area contributed by atoms with E-state index in [2.05, 4.69) is 69.3 Å². The van der Waals surface area contributed by atoms with Gasteiger partial charge in [-0.2, -0.15) is 0 Å². The predicted octanol–water partition coefficient (Wildman–Crippen LogP) is 5.27. The lowest BCUT2D eigenvalue weighted by Crippen LogP contribution is -2.67. The molecular formula is C33H34ClNO5Si. The smallest absolute Gasteiger partial charge is 0.323 e. The van der Waals surface area contributed by atoms with Crippen molar-refractivity contribution in [3.8, 4) is 11.1 Å². The molecule has 1 aliphatic heterocycles. The molecule has 0 saturated heterocycles. The summed E-state index contributed by atoms with van der Waals surface area (Å²) in [6, 6.07) is 28.1. The minimum atomic E-state index is -2.78. The van der Waals surface area contributed by atoms with E-state index in [-0.39, 0.29) is 23.3 Å². The topological polar surface area (TPSA) is 77.8 Å². The van der Waals surface area contributed by atoms with Crippen LogP contribution in [0.1, 0.15) is 31.9 Å². The number of pyridine rings is 1. The number of aliphatic carboxylic acids is 1. The minimum Gasteiger partial charge on any atom is -0.480 e. The molecule has 1 N–H and O–H groups in total. The number of rotatable bonds is 7. The van der Waals surface area contributed by atoms with E-state index in [0.717, 1.165) is 16.7 Å². The summed E-state index contributed by atoms with van der Waals surface area (Å²) in [6.07, 6.45) is 1.87. The number of halogens is 1. The van der Waals surface area contributed by atoms with E-state index in [1.165, 1.54) is 21.0 Å². The van der Waals surface area contributed by atoms with Gasteiger partial charge in [0.05, 0.1) is 19.3 Å². The maximum atomic E-state index is 12.8. The van der Waals surface area contributed by atoms with Crippen molar-refractivity contribution < 1.29 is 19.1 Å². The number of hydrogen-bond donors (Lipinski definition) is 1. The first-order valence-corrected chi connectivity index (χ1v) is 16.0. The first-order valence-electron chi connectivity index (χ1n) is 13.7. The number of hydrogen-bond acceptors (Lipinski definition) is 4. The van der Waals surface area contributed by atoms with Gasteiger partial charge in [-0.05, 0) is 44.2 Å². The number of benzene rings is 3. The zero-order valence-corrected chi connectivity index (χ0v) is 25.2. The van der Waals surface area contributed by atoms with E-state index in [1.54, 1.807) is 6.20 Å². The lowest BCUT2D eigenvalue weighted by Gasteiger charge is -2.43. The summed E-state index contributed by atoms with van der Waals surface area (Å²) in [6.45, 7) is 6.87. The number of nitrogens with zero attached hydrogens (tertiary/aromatic N) is 1. The Balaban J connectivity index is 1.55. The standard InChI is InChI=1S/C33H34ClNO5Si/c1-33(2,3)41(27-10-6-4-7-11-27,28-12-8-5-9-13-28)40-22-26-16-23-14-15-25(34)17-29(23)30-18-31(36)35(20-32(37)38)19-24(30)21-39-26/h4-15,17-19,26H,16,20-22H2,1-3H3,(H,37,38). The molecule has 41 heavy (non-hydrogen) atoms. The molecule has 1 atom stereocenters. The Hall–Kier alpha value is -3.49. The molecule has 0 bridgehead atoms. The highest BCUT2D eigenvalue weighted by molar-refractivity contribution is 6.99. The molecule has 8 heteroatoms. The third-order valence-electron chi connectivity index (χ3n) is 7.70. The van der Waals surface area contributed by atoms with Crippen LogP contribution < -0.4 is 15.9 Å². The van der Waals surface area contributed by atoms with Crippen LogP contribution in [0.3, 0.4) is 0 Å². The summed E-state index contributed by atoms with van der Waals surface area (Å²) in [5.74, 6) is -1.08. The van der Waals surface area contributed by atoms with Crippen molar-refractivity contribution in [2.24, 2.45) is 0 Å². The molecule has 1 aromatic heterocycles. The van der Waals surface area contributed by atoms with Crippen molar-refractivity contribution >= 4 is 36.3 Å². The maximum absolute atomic E-state index is 12.8. The van der Waals surface area contributed by atoms with Crippen molar-refractivity contribution in [2.75, 3.05) is 6.61 Å². The summed E-state index contributed by atoms with van der Waals surface area (Å²) in [4.78, 5) is 24.2. The van der Waals surface area contributed by atoms with E-state index in [4.69, 9.17) is 20.8 Å². The number of carboxylic acid groups (broad SMARTS) is 1. The third-order valence-corrected chi connectivity index (χ3v) is 12.9. The summed E-state index contributed by atoms with van der Waals surface area (Å²) in [7, 11) is -2.78. The molecule has 0 amide bonds. The normalized spacial score (nSPS) is 15.4. The summed E-state index contributed by atoms with van der Waals surface area (Å²) in [5, 5.41) is 12.1. The van der Waals surface area contributed by atoms with Crippen molar-refractivity contribution in [1.29, 1.82) is 0 Å². The van der Waals surface area contributed by atoms with Crippen LogP contribution in [-0.2, 0) is 33.5 Å². The molecule has 0 fully saturated rings. The van der Waals surface area contributed by atoms with Gasteiger partial charge in [-0.15, -0.1) is 0 Å². The molecule has 6 nitrogen and oxygen atoms in total. The van der Waals surface area contributed by atoms with Crippen LogP contribution in [0.15, 0.2) is 95.9 Å². The Labute approximate surface area is 246 Å². The second kappa shape index (κ2) is 11.8. The van der Waals surface area contributed by atoms with Gasteiger partial charge in [0.25, 0.3) is 13.9 Å². The Morgan fingerprint density at radius 2 is 1.59 bits per heavy atom. The molecule has 4 aromatic rings. The predicted molar refractivity (Wildman–Crippen MR) is 165 cm³/mol. The largest absolute Gasteiger partial charge is 0.480 e. The molecule has 0 radical (unpaired) electrons. The molecule has 5 rings (SSSR count). The van der Waals surface area contributed by atoms with E-state index in [9.17, 15) is 14.7 Å². The highest BCUT2D eigenvalue weighted by atomic mass is 35.5. The average molecular weight is 588 g/mol. The zero-order chi connectivity index (χ0) is 29.2. The highest BCUT2D eigenvalue weighted by Crippen LogP contribution is 2.38. The van der Waals surface area contributed by atoms with Crippen molar-refractivity contribution in [3.63, 3.8) is 0 Å². The second-order valence-electron chi connectivity index (χ2n) is 11.5. The number of carbonyl (C=O) groups is 1. The van der Waals surface area contributed by atoms with Crippen LogP contribution in [0, 0.1) is 0 Å². The summed E-state index contributed by atoms with van der Waals surface area (Å²) >= 11 is 6.41. The first kappa shape index (κ1) is 29.0. The minimum absolute atomic E-state index is 0.178. The molecule has 0 spiro atoms. The Morgan fingerprint density at radius 1 is 0.976 bits per heavy atom. The SMILES string of the molecule is CC(C)(C)[Si](OCC1Cc2ccc(Cl)cc2-c2cc(=O)n(CC(=O)O)cc2CO1)(c1ccccc1)c1ccccc1. The summed E-state index contributed by atoms with van der Waals surface area (Å²) < 4.78 is 14.9. The maximum Gasteiger partial charge on any atom is 0.323 e. The molecule has 1 unspecified atom stereocenters. The van der Waals surface area contributed by atoms with Gasteiger partial charge in [0.1, 0.15) is 6.54 Å².